The first-order valence-electron chi connectivity index (χ1n) is 12.0. The molecule has 0 spiro atoms. The second-order valence-corrected chi connectivity index (χ2v) is 9.37. The quantitative estimate of drug-likeness (QED) is 0.172. The van der Waals surface area contributed by atoms with Crippen molar-refractivity contribution in [2.24, 2.45) is 17.8 Å². The second kappa shape index (κ2) is 12.2. The summed E-state index contributed by atoms with van der Waals surface area (Å²) in [7, 11) is 0. The summed E-state index contributed by atoms with van der Waals surface area (Å²) in [6.07, 6.45) is 3.98. The molecule has 8 nitrogen and oxygen atoms in total. The first-order chi connectivity index (χ1) is 16.3. The summed E-state index contributed by atoms with van der Waals surface area (Å²) in [5.41, 5.74) is 3.18. The number of nitrogens with one attached hydrogen (secondary N) is 2. The number of hydrogen-bond acceptors (Lipinski definition) is 6. The Morgan fingerprint density at radius 1 is 1.18 bits per heavy atom. The summed E-state index contributed by atoms with van der Waals surface area (Å²) in [4.78, 5) is 17.1. The minimum Gasteiger partial charge on any atom is -0.438 e. The molecule has 0 fully saturated rings. The third-order valence-corrected chi connectivity index (χ3v) is 6.97. The number of halogens is 1. The highest BCUT2D eigenvalue weighted by Crippen LogP contribution is 2.26. The summed E-state index contributed by atoms with van der Waals surface area (Å²) >= 11 is 6.23. The van der Waals surface area contributed by atoms with Crippen molar-refractivity contribution in [3.8, 4) is 11.4 Å². The van der Waals surface area contributed by atoms with Gasteiger partial charge in [-0.3, -0.25) is 9.89 Å². The molecule has 0 aliphatic carbocycles. The number of anilines is 1. The molecule has 0 radical (unpaired) electrons. The van der Waals surface area contributed by atoms with Crippen molar-refractivity contribution in [3.63, 3.8) is 0 Å². The number of carbonyl (C=O) groups is 1. The van der Waals surface area contributed by atoms with Crippen molar-refractivity contribution in [1.29, 1.82) is 0 Å². The maximum Gasteiger partial charge on any atom is 0.311 e. The van der Waals surface area contributed by atoms with Crippen LogP contribution in [0, 0.1) is 24.7 Å². The lowest BCUT2D eigenvalue weighted by Crippen LogP contribution is -2.26. The van der Waals surface area contributed by atoms with Gasteiger partial charge in [-0.2, -0.15) is 4.63 Å². The molecule has 2 N–H and O–H groups in total. The zero-order chi connectivity index (χ0) is 24.7. The van der Waals surface area contributed by atoms with Crippen LogP contribution in [0.5, 0.6) is 0 Å². The summed E-state index contributed by atoms with van der Waals surface area (Å²) in [5, 5.41) is 11.2. The van der Waals surface area contributed by atoms with E-state index in [-0.39, 0.29) is 25.4 Å². The van der Waals surface area contributed by atoms with E-state index in [1.807, 2.05) is 31.2 Å². The van der Waals surface area contributed by atoms with Crippen molar-refractivity contribution in [1.82, 2.24) is 19.8 Å². The van der Waals surface area contributed by atoms with Crippen LogP contribution in [0.3, 0.4) is 0 Å². The molecule has 34 heavy (non-hydrogen) atoms. The van der Waals surface area contributed by atoms with Crippen LogP contribution in [0.25, 0.3) is 17.0 Å². The molecule has 3 atom stereocenters. The lowest BCUT2D eigenvalue weighted by Gasteiger charge is -2.22. The number of benzene rings is 1. The van der Waals surface area contributed by atoms with Crippen LogP contribution in [0.4, 0.5) is 5.69 Å². The minimum atomic E-state index is -0.166. The number of hydrogen-bond donors (Lipinski definition) is 2. The molecule has 2 aromatic heterocycles. The molecule has 3 rings (SSSR count). The van der Waals surface area contributed by atoms with Gasteiger partial charge in [0.25, 0.3) is 0 Å². The smallest absolute Gasteiger partial charge is 0.311 e. The van der Waals surface area contributed by atoms with Gasteiger partial charge in [-0.25, -0.2) is 4.98 Å². The van der Waals surface area contributed by atoms with Gasteiger partial charge in [-0.05, 0) is 55.9 Å². The summed E-state index contributed by atoms with van der Waals surface area (Å²) in [6, 6.07) is 7.68. The Morgan fingerprint density at radius 3 is 2.56 bits per heavy atom. The topological polar surface area (TPSA) is 93.5 Å². The zero-order valence-corrected chi connectivity index (χ0v) is 21.5. The van der Waals surface area contributed by atoms with E-state index in [2.05, 4.69) is 48.2 Å². The van der Waals surface area contributed by atoms with E-state index < -0.39 is 0 Å². The molecule has 0 amide bonds. The van der Waals surface area contributed by atoms with Gasteiger partial charge >= 0.3 is 5.97 Å². The number of rotatable bonds is 13. The van der Waals surface area contributed by atoms with Crippen molar-refractivity contribution in [2.45, 2.75) is 60.3 Å². The van der Waals surface area contributed by atoms with Crippen LogP contribution in [-0.2, 0) is 14.3 Å². The number of ether oxygens (including phenoxy) is 2. The van der Waals surface area contributed by atoms with Gasteiger partial charge in [0.15, 0.2) is 18.3 Å². The number of aromatic amines is 1. The molecule has 0 saturated carbocycles. The molecular formula is C25H36ClN5O3. The molecule has 186 valence electrons. The van der Waals surface area contributed by atoms with Crippen LogP contribution in [0.2, 0.25) is 5.02 Å². The average molecular weight is 490 g/mol. The van der Waals surface area contributed by atoms with E-state index in [0.29, 0.717) is 28.3 Å². The zero-order valence-electron chi connectivity index (χ0n) is 20.7. The van der Waals surface area contributed by atoms with Gasteiger partial charge in [0.1, 0.15) is 11.8 Å². The van der Waals surface area contributed by atoms with Crippen LogP contribution in [0.1, 0.15) is 59.1 Å². The maximum absolute atomic E-state index is 12.6. The number of aryl methyl sites for hydroxylation is 1. The van der Waals surface area contributed by atoms with Crippen LogP contribution in [-0.4, -0.2) is 39.3 Å². The standard InChI is InChI=1S/C25H36ClN5O3/c1-6-16(3)8-13-21(17(4)7-2)25(32)34-15-33-14-27-20-11-9-19(10-12-20)23-28-24-22(26)18(5)29-31(24)30-23/h9-12,16-17,21,27,29H,6-8,13-15H2,1-5H3. The van der Waals surface area contributed by atoms with Gasteiger partial charge in [0, 0.05) is 11.3 Å². The van der Waals surface area contributed by atoms with E-state index in [4.69, 9.17) is 21.1 Å². The molecule has 3 unspecified atom stereocenters. The van der Waals surface area contributed by atoms with Gasteiger partial charge < -0.3 is 14.8 Å². The minimum absolute atomic E-state index is 0.0645. The third kappa shape index (κ3) is 6.51. The van der Waals surface area contributed by atoms with E-state index in [1.54, 1.807) is 4.63 Å². The summed E-state index contributed by atoms with van der Waals surface area (Å²) in [5.74, 6) is 1.26. The fourth-order valence-corrected chi connectivity index (χ4v) is 3.90. The normalized spacial score (nSPS) is 14.2. The highest BCUT2D eigenvalue weighted by molar-refractivity contribution is 6.34. The summed E-state index contributed by atoms with van der Waals surface area (Å²) in [6.45, 7) is 10.7. The Balaban J connectivity index is 1.43. The number of carbonyl (C=O) groups excluding carboxylic acids is 1. The average Bonchev–Trinajstić information content (AvgIpc) is 3.37. The SMILES string of the molecule is CCC(C)CCC(C(=O)OCOCNc1ccc(-c2nc3c(Cl)c(C)[nH]n3n2)cc1)C(C)CC. The van der Waals surface area contributed by atoms with E-state index >= 15 is 0 Å². The molecule has 3 aromatic rings. The molecule has 9 heteroatoms. The highest BCUT2D eigenvalue weighted by Gasteiger charge is 2.25. The largest absolute Gasteiger partial charge is 0.438 e. The first kappa shape index (κ1) is 26.0. The lowest BCUT2D eigenvalue weighted by molar-refractivity contribution is -0.163. The number of esters is 1. The van der Waals surface area contributed by atoms with Crippen molar-refractivity contribution >= 4 is 28.9 Å². The molecule has 0 bridgehead atoms. The maximum atomic E-state index is 12.6. The monoisotopic (exact) mass is 489 g/mol. The van der Waals surface area contributed by atoms with E-state index in [0.717, 1.165) is 42.6 Å². The number of aromatic nitrogens is 4. The predicted octanol–water partition coefficient (Wildman–Crippen LogP) is 6.06. The van der Waals surface area contributed by atoms with Gasteiger partial charge in [0.2, 0.25) is 0 Å². The van der Waals surface area contributed by atoms with Gasteiger partial charge in [-0.15, -0.1) is 5.10 Å². The third-order valence-electron chi connectivity index (χ3n) is 6.51. The van der Waals surface area contributed by atoms with Crippen LogP contribution in [0.15, 0.2) is 24.3 Å². The van der Waals surface area contributed by atoms with Crippen molar-refractivity contribution < 1.29 is 14.3 Å². The fraction of sp³-hybridized carbons (Fsp3) is 0.560. The fourth-order valence-electron chi connectivity index (χ4n) is 3.74. The van der Waals surface area contributed by atoms with Crippen molar-refractivity contribution in [3.05, 3.63) is 35.0 Å². The Bertz CT molecular complexity index is 1060. The molecule has 0 saturated heterocycles. The molecule has 1 aromatic carbocycles. The van der Waals surface area contributed by atoms with Gasteiger partial charge in [0.05, 0.1) is 11.6 Å². The molecule has 0 aliphatic heterocycles. The highest BCUT2D eigenvalue weighted by atomic mass is 35.5. The van der Waals surface area contributed by atoms with Gasteiger partial charge in [-0.1, -0.05) is 52.1 Å². The number of nitrogens with zero attached hydrogens (tertiary/aromatic N) is 3. The number of H-pyrrole nitrogens is 1. The van der Waals surface area contributed by atoms with E-state index in [1.165, 1.54) is 0 Å². The lowest BCUT2D eigenvalue weighted by atomic mass is 9.85. The first-order valence-corrected chi connectivity index (χ1v) is 12.4. The Kier molecular flexibility index (Phi) is 9.36. The molecule has 0 aliphatic rings. The van der Waals surface area contributed by atoms with Crippen LogP contribution >= 0.6 is 11.6 Å². The molecular weight excluding hydrogens is 454 g/mol. The van der Waals surface area contributed by atoms with Crippen molar-refractivity contribution in [2.75, 3.05) is 18.8 Å². The number of fused-ring (bicyclic) bond motifs is 1. The molecule has 2 heterocycles. The summed E-state index contributed by atoms with van der Waals surface area (Å²) < 4.78 is 12.5. The van der Waals surface area contributed by atoms with E-state index in [9.17, 15) is 4.79 Å². The Hall–Kier alpha value is -2.58. The Morgan fingerprint density at radius 2 is 1.91 bits per heavy atom. The second-order valence-electron chi connectivity index (χ2n) is 8.99. The van der Waals surface area contributed by atoms with Crippen LogP contribution < -0.4 is 5.32 Å². The Labute approximate surface area is 206 Å². The predicted molar refractivity (Wildman–Crippen MR) is 135 cm³/mol.